The van der Waals surface area contributed by atoms with Gasteiger partial charge in [-0.1, -0.05) is 0 Å². The minimum Gasteiger partial charge on any atom is -0.494 e. The molecule has 0 amide bonds. The lowest BCUT2D eigenvalue weighted by atomic mass is 10.1. The maximum Gasteiger partial charge on any atom is 0.270 e. The number of hydrogen-bond donors (Lipinski definition) is 0. The average Bonchev–Trinajstić information content (AvgIpc) is 2.26. The van der Waals surface area contributed by atoms with Gasteiger partial charge in [-0.3, -0.25) is 0 Å². The first-order valence-corrected chi connectivity index (χ1v) is 3.94. The van der Waals surface area contributed by atoms with E-state index in [-0.39, 0.29) is 17.2 Å². The third-order valence-corrected chi connectivity index (χ3v) is 1.79. The number of ether oxygens (including phenoxy) is 2. The number of rotatable bonds is 3. The van der Waals surface area contributed by atoms with Gasteiger partial charge in [0, 0.05) is 0 Å². The highest BCUT2D eigenvalue weighted by Gasteiger charge is 2.23. The van der Waals surface area contributed by atoms with Crippen molar-refractivity contribution in [2.45, 2.75) is 6.43 Å². The number of halogens is 2. The lowest BCUT2D eigenvalue weighted by molar-refractivity contribution is 0.145. The first kappa shape index (κ1) is 11.2. The van der Waals surface area contributed by atoms with Crippen molar-refractivity contribution in [2.75, 3.05) is 14.2 Å². The Labute approximate surface area is 85.1 Å². The van der Waals surface area contributed by atoms with Crippen molar-refractivity contribution in [2.24, 2.45) is 0 Å². The molecule has 15 heavy (non-hydrogen) atoms. The van der Waals surface area contributed by atoms with Crippen LogP contribution < -0.4 is 9.47 Å². The molecule has 0 saturated heterocycles. The van der Waals surface area contributed by atoms with Crippen LogP contribution in [0.3, 0.4) is 0 Å². The fourth-order valence-electron chi connectivity index (χ4n) is 1.13. The molecule has 0 aliphatic carbocycles. The normalized spacial score (nSPS) is 9.87. The zero-order chi connectivity index (χ0) is 11.4. The van der Waals surface area contributed by atoms with Gasteiger partial charge < -0.3 is 9.47 Å². The van der Waals surface area contributed by atoms with E-state index in [1.165, 1.54) is 20.4 Å². The predicted molar refractivity (Wildman–Crippen MR) is 47.0 cm³/mol. The van der Waals surface area contributed by atoms with Crippen molar-refractivity contribution in [3.63, 3.8) is 0 Å². The number of nitriles is 1. The van der Waals surface area contributed by atoms with Crippen molar-refractivity contribution in [3.05, 3.63) is 17.3 Å². The highest BCUT2D eigenvalue weighted by atomic mass is 19.3. The molecule has 80 valence electrons. The monoisotopic (exact) mass is 214 g/mol. The Bertz CT molecular complexity index is 402. The van der Waals surface area contributed by atoms with Gasteiger partial charge in [0.2, 0.25) is 5.88 Å². The van der Waals surface area contributed by atoms with Gasteiger partial charge in [0.25, 0.3) is 6.43 Å². The molecular weight excluding hydrogens is 206 g/mol. The quantitative estimate of drug-likeness (QED) is 0.771. The van der Waals surface area contributed by atoms with Crippen LogP contribution >= 0.6 is 0 Å². The Morgan fingerprint density at radius 3 is 2.47 bits per heavy atom. The molecule has 0 spiro atoms. The van der Waals surface area contributed by atoms with E-state index >= 15 is 0 Å². The summed E-state index contributed by atoms with van der Waals surface area (Å²) in [6, 6.07) is 1.65. The summed E-state index contributed by atoms with van der Waals surface area (Å²) < 4.78 is 34.7. The topological polar surface area (TPSA) is 55.1 Å². The van der Waals surface area contributed by atoms with Crippen LogP contribution in [0.15, 0.2) is 6.20 Å². The summed E-state index contributed by atoms with van der Waals surface area (Å²) in [6.45, 7) is 0. The molecule has 0 unspecified atom stereocenters. The largest absolute Gasteiger partial charge is 0.494 e. The maximum absolute atomic E-state index is 12.7. The summed E-state index contributed by atoms with van der Waals surface area (Å²) in [4.78, 5) is 3.62. The maximum atomic E-state index is 12.7. The highest BCUT2D eigenvalue weighted by molar-refractivity contribution is 5.52. The van der Waals surface area contributed by atoms with Crippen molar-refractivity contribution in [3.8, 4) is 17.7 Å². The molecule has 0 N–H and O–H groups in total. The number of nitrogens with zero attached hydrogens (tertiary/aromatic N) is 2. The average molecular weight is 214 g/mol. The lowest BCUT2D eigenvalue weighted by Gasteiger charge is -2.10. The third kappa shape index (κ3) is 1.96. The molecule has 1 rings (SSSR count). The van der Waals surface area contributed by atoms with Gasteiger partial charge in [0.1, 0.15) is 17.2 Å². The molecule has 1 heterocycles. The van der Waals surface area contributed by atoms with E-state index in [0.717, 1.165) is 0 Å². The summed E-state index contributed by atoms with van der Waals surface area (Å²) in [6.07, 6.45) is -1.67. The fraction of sp³-hybridized carbons (Fsp3) is 0.333. The Morgan fingerprint density at radius 1 is 1.40 bits per heavy atom. The van der Waals surface area contributed by atoms with Crippen LogP contribution in [0.4, 0.5) is 8.78 Å². The van der Waals surface area contributed by atoms with Gasteiger partial charge >= 0.3 is 0 Å². The van der Waals surface area contributed by atoms with E-state index in [1.54, 1.807) is 6.07 Å². The Hall–Kier alpha value is -1.90. The zero-order valence-corrected chi connectivity index (χ0v) is 8.12. The van der Waals surface area contributed by atoms with Crippen LogP contribution in [0.2, 0.25) is 0 Å². The number of hydrogen-bond acceptors (Lipinski definition) is 4. The highest BCUT2D eigenvalue weighted by Crippen LogP contribution is 2.34. The van der Waals surface area contributed by atoms with Crippen LogP contribution in [-0.2, 0) is 0 Å². The van der Waals surface area contributed by atoms with Gasteiger partial charge in [0.15, 0.2) is 5.75 Å². The van der Waals surface area contributed by atoms with Crippen molar-refractivity contribution >= 4 is 0 Å². The molecule has 0 bridgehead atoms. The Morgan fingerprint density at radius 2 is 2.07 bits per heavy atom. The number of pyridine rings is 1. The summed E-state index contributed by atoms with van der Waals surface area (Å²) >= 11 is 0. The van der Waals surface area contributed by atoms with Crippen LogP contribution in [-0.4, -0.2) is 19.2 Å². The molecule has 0 radical (unpaired) electrons. The molecule has 0 aliphatic heterocycles. The molecule has 1 aromatic heterocycles. The van der Waals surface area contributed by atoms with Crippen LogP contribution in [0.25, 0.3) is 0 Å². The van der Waals surface area contributed by atoms with Gasteiger partial charge in [-0.15, -0.1) is 0 Å². The Balaban J connectivity index is 3.46. The molecule has 0 aromatic carbocycles. The second-order valence-corrected chi connectivity index (χ2v) is 2.54. The minimum absolute atomic E-state index is 0.00796. The summed E-state index contributed by atoms with van der Waals surface area (Å²) in [5, 5.41) is 8.75. The second kappa shape index (κ2) is 4.55. The van der Waals surface area contributed by atoms with E-state index in [4.69, 9.17) is 10.00 Å². The smallest absolute Gasteiger partial charge is 0.270 e. The van der Waals surface area contributed by atoms with E-state index in [2.05, 4.69) is 9.72 Å². The fourth-order valence-corrected chi connectivity index (χ4v) is 1.13. The summed E-state index contributed by atoms with van der Waals surface area (Å²) in [7, 11) is 2.49. The summed E-state index contributed by atoms with van der Waals surface area (Å²) in [5.74, 6) is -0.254. The number of aromatic nitrogens is 1. The van der Waals surface area contributed by atoms with Crippen molar-refractivity contribution in [1.82, 2.24) is 4.98 Å². The van der Waals surface area contributed by atoms with Crippen LogP contribution in [0.1, 0.15) is 17.6 Å². The standard InChI is InChI=1S/C9H8F2N2O2/c1-14-6-4-13-9(15-2)7(8(10)11)5(6)3-12/h4,8H,1-2H3. The van der Waals surface area contributed by atoms with Gasteiger partial charge in [0.05, 0.1) is 20.4 Å². The summed E-state index contributed by atoms with van der Waals surface area (Å²) in [5.41, 5.74) is -0.793. The minimum atomic E-state index is -2.84. The third-order valence-electron chi connectivity index (χ3n) is 1.79. The first-order valence-electron chi connectivity index (χ1n) is 3.94. The molecule has 4 nitrogen and oxygen atoms in total. The van der Waals surface area contributed by atoms with E-state index in [1.807, 2.05) is 0 Å². The zero-order valence-electron chi connectivity index (χ0n) is 8.12. The van der Waals surface area contributed by atoms with Crippen LogP contribution in [0.5, 0.6) is 11.6 Å². The van der Waals surface area contributed by atoms with Gasteiger partial charge in [-0.2, -0.15) is 5.26 Å². The first-order chi connectivity index (χ1) is 7.15. The molecule has 6 heteroatoms. The molecular formula is C9H8F2N2O2. The molecule has 0 fully saturated rings. The van der Waals surface area contributed by atoms with Gasteiger partial charge in [-0.25, -0.2) is 13.8 Å². The van der Waals surface area contributed by atoms with Crippen molar-refractivity contribution in [1.29, 1.82) is 5.26 Å². The van der Waals surface area contributed by atoms with E-state index < -0.39 is 12.0 Å². The van der Waals surface area contributed by atoms with E-state index in [9.17, 15) is 8.78 Å². The SMILES string of the molecule is COc1cnc(OC)c(C(F)F)c1C#N. The number of methoxy groups -OCH3 is 2. The second-order valence-electron chi connectivity index (χ2n) is 2.54. The number of alkyl halides is 2. The lowest BCUT2D eigenvalue weighted by Crippen LogP contribution is -2.01. The Kier molecular flexibility index (Phi) is 3.39. The molecule has 0 saturated carbocycles. The predicted octanol–water partition coefficient (Wildman–Crippen LogP) is 1.91. The van der Waals surface area contributed by atoms with Gasteiger partial charge in [-0.05, 0) is 0 Å². The molecule has 0 atom stereocenters. The molecule has 0 aliphatic rings. The van der Waals surface area contributed by atoms with Crippen LogP contribution in [0, 0.1) is 11.3 Å². The van der Waals surface area contributed by atoms with E-state index in [0.29, 0.717) is 0 Å². The van der Waals surface area contributed by atoms with Crippen molar-refractivity contribution < 1.29 is 18.3 Å². The molecule has 1 aromatic rings.